The summed E-state index contributed by atoms with van der Waals surface area (Å²) in [7, 11) is 0.152. The summed E-state index contributed by atoms with van der Waals surface area (Å²) in [6.45, 7) is 7.26. The third-order valence-corrected chi connectivity index (χ3v) is 11.4. The van der Waals surface area contributed by atoms with Crippen LogP contribution in [0.2, 0.25) is 0 Å². The first-order valence-electron chi connectivity index (χ1n) is 19.5. The standard InChI is InChI=1S/C23H28F2N4O3.C19H22F2N4O3S/c1-23(2,3)32-22(31)29-9-7-19(8-10-29)28(4)21(30)27-18-5-6-20(26-14-18)15-11-16(24)13-17(25)12-15;1-24(17-5-7-25(8-6-17)29(2,27)28)19(26)23-16-3-4-18(22-12-16)13-9-14(20)11-15(21)10-13/h5-6,11-14,19H,7-10H2,1-4H3,(H,27,30);3-4,9-12,17H,5-8H2,1-2H3,(H,23,26). The Hall–Kier alpha value is -5.82. The van der Waals surface area contributed by atoms with Gasteiger partial charge in [-0.1, -0.05) is 0 Å². The van der Waals surface area contributed by atoms with Gasteiger partial charge in [0.25, 0.3) is 0 Å². The van der Waals surface area contributed by atoms with Crippen LogP contribution >= 0.6 is 0 Å². The largest absolute Gasteiger partial charge is 0.444 e. The second-order valence-corrected chi connectivity index (χ2v) is 17.8. The van der Waals surface area contributed by atoms with E-state index in [1.54, 1.807) is 53.1 Å². The molecule has 14 nitrogen and oxygen atoms in total. The van der Waals surface area contributed by atoms with Crippen LogP contribution in [0.4, 0.5) is 43.3 Å². The fourth-order valence-electron chi connectivity index (χ4n) is 6.76. The highest BCUT2D eigenvalue weighted by molar-refractivity contribution is 7.88. The molecule has 19 heteroatoms. The van der Waals surface area contributed by atoms with E-state index in [2.05, 4.69) is 20.6 Å². The lowest BCUT2D eigenvalue weighted by molar-refractivity contribution is 0.0174. The number of piperidine rings is 2. The highest BCUT2D eigenvalue weighted by Gasteiger charge is 2.31. The van der Waals surface area contributed by atoms with Gasteiger partial charge in [0.2, 0.25) is 10.0 Å². The van der Waals surface area contributed by atoms with Crippen molar-refractivity contribution in [2.45, 2.75) is 64.1 Å². The smallest absolute Gasteiger partial charge is 0.410 e. The summed E-state index contributed by atoms with van der Waals surface area (Å²) in [6, 6.07) is 12.0. The number of carbonyl (C=O) groups is 3. The maximum Gasteiger partial charge on any atom is 0.410 e. The Morgan fingerprint density at radius 1 is 0.672 bits per heavy atom. The molecule has 0 atom stereocenters. The van der Waals surface area contributed by atoms with Crippen molar-refractivity contribution in [2.24, 2.45) is 0 Å². The van der Waals surface area contributed by atoms with Gasteiger partial charge in [-0.05, 0) is 95.0 Å². The minimum atomic E-state index is -3.22. The Bertz CT molecular complexity index is 2240. The van der Waals surface area contributed by atoms with Crippen LogP contribution in [0, 0.1) is 23.3 Å². The number of carbonyl (C=O) groups excluding carboxylic acids is 3. The minimum absolute atomic E-state index is 0.0174. The van der Waals surface area contributed by atoms with Gasteiger partial charge in [-0.3, -0.25) is 9.97 Å². The van der Waals surface area contributed by atoms with Crippen molar-refractivity contribution in [3.63, 3.8) is 0 Å². The van der Waals surface area contributed by atoms with Gasteiger partial charge >= 0.3 is 18.2 Å². The topological polar surface area (TPSA) is 157 Å². The van der Waals surface area contributed by atoms with E-state index in [9.17, 15) is 40.4 Å². The lowest BCUT2D eigenvalue weighted by Gasteiger charge is -2.37. The van der Waals surface area contributed by atoms with E-state index < -0.39 is 38.9 Å². The number of nitrogens with one attached hydrogen (secondary N) is 2. The van der Waals surface area contributed by atoms with Crippen molar-refractivity contribution in [1.29, 1.82) is 0 Å². The first kappa shape index (κ1) is 46.2. The summed E-state index contributed by atoms with van der Waals surface area (Å²) >= 11 is 0. The lowest BCUT2D eigenvalue weighted by atomic mass is 10.0. The summed E-state index contributed by atoms with van der Waals surface area (Å²) in [5.74, 6) is -2.75. The first-order chi connectivity index (χ1) is 28.6. The quantitative estimate of drug-likeness (QED) is 0.178. The molecule has 2 saturated heterocycles. The number of ether oxygens (including phenoxy) is 1. The zero-order valence-corrected chi connectivity index (χ0v) is 35.6. The van der Waals surface area contributed by atoms with Gasteiger partial charge in [0.05, 0.1) is 41.4 Å². The van der Waals surface area contributed by atoms with Gasteiger partial charge in [0, 0.05) is 75.6 Å². The van der Waals surface area contributed by atoms with Crippen LogP contribution in [-0.4, -0.2) is 120 Å². The Kier molecular flexibility index (Phi) is 14.9. The molecule has 2 N–H and O–H groups in total. The SMILES string of the molecule is CN(C(=O)Nc1ccc(-c2cc(F)cc(F)c2)nc1)C1CCN(C(=O)OC(C)(C)C)CC1.CN(C(=O)Nc1ccc(-c2cc(F)cc(F)c2)nc1)C1CCN(S(C)(=O)=O)CC1. The van der Waals surface area contributed by atoms with Crippen molar-refractivity contribution in [3.05, 3.63) is 96.3 Å². The number of pyridine rings is 2. The molecule has 2 aliphatic rings. The molecule has 4 heterocycles. The molecule has 0 spiro atoms. The number of rotatable bonds is 7. The second-order valence-electron chi connectivity index (χ2n) is 15.9. The minimum Gasteiger partial charge on any atom is -0.444 e. The lowest BCUT2D eigenvalue weighted by Crippen LogP contribution is -2.49. The van der Waals surface area contributed by atoms with E-state index in [1.807, 2.05) is 20.8 Å². The van der Waals surface area contributed by atoms with Crippen LogP contribution in [0.25, 0.3) is 22.5 Å². The van der Waals surface area contributed by atoms with Gasteiger partial charge in [-0.25, -0.2) is 44.7 Å². The summed E-state index contributed by atoms with van der Waals surface area (Å²) < 4.78 is 83.5. The number of anilines is 2. The fourth-order valence-corrected chi connectivity index (χ4v) is 7.63. The van der Waals surface area contributed by atoms with Crippen LogP contribution in [0.3, 0.4) is 0 Å². The average Bonchev–Trinajstić information content (AvgIpc) is 3.19. The average molecular weight is 871 g/mol. The maximum atomic E-state index is 13.4. The van der Waals surface area contributed by atoms with Crippen molar-refractivity contribution >= 4 is 39.6 Å². The number of urea groups is 2. The molecule has 4 aromatic rings. The Morgan fingerprint density at radius 3 is 1.38 bits per heavy atom. The summed E-state index contributed by atoms with van der Waals surface area (Å²) in [5.41, 5.74) is 1.75. The number of sulfonamides is 1. The van der Waals surface area contributed by atoms with E-state index in [0.29, 0.717) is 85.8 Å². The molecule has 6 rings (SSSR count). The molecule has 0 unspecified atom stereocenters. The molecule has 2 fully saturated rings. The van der Waals surface area contributed by atoms with E-state index in [1.165, 1.54) is 47.2 Å². The highest BCUT2D eigenvalue weighted by Crippen LogP contribution is 2.25. The number of nitrogens with zero attached hydrogens (tertiary/aromatic N) is 6. The molecule has 0 saturated carbocycles. The van der Waals surface area contributed by atoms with Crippen LogP contribution in [0.15, 0.2) is 73.1 Å². The number of halogens is 4. The van der Waals surface area contributed by atoms with Crippen LogP contribution in [-0.2, 0) is 14.8 Å². The molecular weight excluding hydrogens is 821 g/mol. The summed E-state index contributed by atoms with van der Waals surface area (Å²) in [4.78, 5) is 50.5. The van der Waals surface area contributed by atoms with Crippen molar-refractivity contribution in [2.75, 3.05) is 57.2 Å². The predicted octanol–water partition coefficient (Wildman–Crippen LogP) is 7.80. The van der Waals surface area contributed by atoms with Gasteiger partial charge in [-0.2, -0.15) is 0 Å². The van der Waals surface area contributed by atoms with Gasteiger partial charge in [0.1, 0.15) is 28.9 Å². The number of hydrogen-bond acceptors (Lipinski definition) is 8. The van der Waals surface area contributed by atoms with Crippen LogP contribution in [0.1, 0.15) is 46.5 Å². The van der Waals surface area contributed by atoms with Gasteiger partial charge < -0.3 is 30.1 Å². The zero-order valence-electron chi connectivity index (χ0n) is 34.8. The number of benzene rings is 2. The highest BCUT2D eigenvalue weighted by atomic mass is 32.2. The molecule has 61 heavy (non-hydrogen) atoms. The van der Waals surface area contributed by atoms with Gasteiger partial charge in [-0.15, -0.1) is 0 Å². The molecule has 0 radical (unpaired) electrons. The molecule has 328 valence electrons. The normalized spacial score (nSPS) is 15.3. The molecule has 2 aromatic carbocycles. The van der Waals surface area contributed by atoms with Crippen molar-refractivity contribution < 1.29 is 45.1 Å². The van der Waals surface area contributed by atoms with E-state index in [0.717, 1.165) is 12.1 Å². The maximum absolute atomic E-state index is 13.4. The Labute approximate surface area is 352 Å². The van der Waals surface area contributed by atoms with Crippen LogP contribution in [0.5, 0.6) is 0 Å². The zero-order chi connectivity index (χ0) is 44.6. The van der Waals surface area contributed by atoms with Gasteiger partial charge in [0.15, 0.2) is 0 Å². The predicted molar refractivity (Wildman–Crippen MR) is 223 cm³/mol. The molecule has 0 aliphatic carbocycles. The van der Waals surface area contributed by atoms with Crippen molar-refractivity contribution in [1.82, 2.24) is 29.0 Å². The molecule has 2 aromatic heterocycles. The van der Waals surface area contributed by atoms with Crippen molar-refractivity contribution in [3.8, 4) is 22.5 Å². The monoisotopic (exact) mass is 870 g/mol. The number of hydrogen-bond donors (Lipinski definition) is 2. The summed E-state index contributed by atoms with van der Waals surface area (Å²) in [6.07, 6.45) is 6.09. The molecule has 2 aliphatic heterocycles. The number of amides is 5. The van der Waals surface area contributed by atoms with E-state index >= 15 is 0 Å². The van der Waals surface area contributed by atoms with Crippen LogP contribution < -0.4 is 10.6 Å². The fraction of sp³-hybridized carbons (Fsp3) is 0.405. The Morgan fingerprint density at radius 2 is 1.05 bits per heavy atom. The number of likely N-dealkylation sites (tertiary alicyclic amines) is 1. The summed E-state index contributed by atoms with van der Waals surface area (Å²) in [5, 5.41) is 5.50. The first-order valence-corrected chi connectivity index (χ1v) is 21.4. The number of aromatic nitrogens is 2. The molecule has 5 amide bonds. The van der Waals surface area contributed by atoms with E-state index in [-0.39, 0.29) is 30.2 Å². The molecular formula is C42H50F4N8O6S. The molecule has 0 bridgehead atoms. The second kappa shape index (κ2) is 19.7. The third kappa shape index (κ3) is 13.3. The van der Waals surface area contributed by atoms with E-state index in [4.69, 9.17) is 4.74 Å². The Balaban J connectivity index is 0.000000232. The third-order valence-electron chi connectivity index (χ3n) is 10.1.